The van der Waals surface area contributed by atoms with Gasteiger partial charge in [-0.15, -0.1) is 0 Å². The van der Waals surface area contributed by atoms with E-state index in [-0.39, 0.29) is 12.4 Å². The number of esters is 1. The molecule has 4 nitrogen and oxygen atoms in total. The first-order chi connectivity index (χ1) is 7.16. The van der Waals surface area contributed by atoms with Gasteiger partial charge in [-0.2, -0.15) is 12.6 Å². The summed E-state index contributed by atoms with van der Waals surface area (Å²) in [6.45, 7) is 0.346. The highest BCUT2D eigenvalue weighted by molar-refractivity contribution is 8.76. The molecule has 0 amide bonds. The molecule has 88 valence electrons. The molecule has 0 aliphatic heterocycles. The van der Waals surface area contributed by atoms with Crippen molar-refractivity contribution in [2.75, 3.05) is 23.9 Å². The molecule has 0 saturated heterocycles. The van der Waals surface area contributed by atoms with E-state index in [9.17, 15) is 9.59 Å². The molecular formula is C8H14O4S3. The molecule has 0 saturated carbocycles. The van der Waals surface area contributed by atoms with Gasteiger partial charge < -0.3 is 9.84 Å². The van der Waals surface area contributed by atoms with Gasteiger partial charge in [-0.25, -0.2) is 0 Å². The van der Waals surface area contributed by atoms with Crippen molar-refractivity contribution in [2.24, 2.45) is 0 Å². The molecule has 0 bridgehead atoms. The van der Waals surface area contributed by atoms with E-state index in [1.165, 1.54) is 21.6 Å². The predicted octanol–water partition coefficient (Wildman–Crippen LogP) is 1.71. The minimum atomic E-state index is -0.795. The number of hydrogen-bond donors (Lipinski definition) is 2. The average molecular weight is 270 g/mol. The Labute approximate surface area is 102 Å². The number of rotatable bonds is 9. The van der Waals surface area contributed by atoms with Crippen LogP contribution in [0, 0.1) is 0 Å². The Morgan fingerprint density at radius 1 is 1.20 bits per heavy atom. The fraction of sp³-hybridized carbons (Fsp3) is 0.750. The van der Waals surface area contributed by atoms with Crippen LogP contribution in [-0.4, -0.2) is 40.9 Å². The second kappa shape index (κ2) is 10.5. The van der Waals surface area contributed by atoms with Crippen LogP contribution in [0.5, 0.6) is 0 Å². The summed E-state index contributed by atoms with van der Waals surface area (Å²) < 4.78 is 4.80. The molecule has 0 rings (SSSR count). The van der Waals surface area contributed by atoms with Crippen molar-refractivity contribution in [3.05, 3.63) is 0 Å². The van der Waals surface area contributed by atoms with E-state index < -0.39 is 5.97 Å². The maximum atomic E-state index is 11.0. The number of carboxylic acid groups (broad SMARTS) is 1. The summed E-state index contributed by atoms with van der Waals surface area (Å²) >= 11 is 3.91. The van der Waals surface area contributed by atoms with E-state index in [1.807, 2.05) is 0 Å². The maximum Gasteiger partial charge on any atom is 0.306 e. The van der Waals surface area contributed by atoms with Gasteiger partial charge in [0.05, 0.1) is 12.8 Å². The van der Waals surface area contributed by atoms with E-state index in [4.69, 9.17) is 9.84 Å². The number of aliphatic carboxylic acids is 1. The summed E-state index contributed by atoms with van der Waals surface area (Å²) in [7, 11) is 2.95. The Kier molecular flexibility index (Phi) is 10.5. The third-order valence-electron chi connectivity index (χ3n) is 1.23. The lowest BCUT2D eigenvalue weighted by molar-refractivity contribution is -0.142. The van der Waals surface area contributed by atoms with Crippen LogP contribution in [-0.2, 0) is 14.3 Å². The lowest BCUT2D eigenvalue weighted by atomic mass is 10.5. The molecule has 0 heterocycles. The number of carbonyl (C=O) groups is 2. The molecule has 15 heavy (non-hydrogen) atoms. The molecule has 0 fully saturated rings. The second-order valence-electron chi connectivity index (χ2n) is 2.48. The summed E-state index contributed by atoms with van der Waals surface area (Å²) in [4.78, 5) is 21.1. The number of hydrogen-bond acceptors (Lipinski definition) is 6. The Bertz CT molecular complexity index is 198. The number of thiol groups is 1. The van der Waals surface area contributed by atoms with Gasteiger partial charge in [-0.3, -0.25) is 9.59 Å². The Balaban J connectivity index is 3.16. The van der Waals surface area contributed by atoms with Crippen molar-refractivity contribution < 1.29 is 19.4 Å². The molecule has 0 aromatic carbocycles. The zero-order valence-corrected chi connectivity index (χ0v) is 10.7. The monoisotopic (exact) mass is 270 g/mol. The van der Waals surface area contributed by atoms with Crippen molar-refractivity contribution in [1.82, 2.24) is 0 Å². The smallest absolute Gasteiger partial charge is 0.306 e. The van der Waals surface area contributed by atoms with E-state index >= 15 is 0 Å². The van der Waals surface area contributed by atoms with Gasteiger partial charge in [0, 0.05) is 17.3 Å². The van der Waals surface area contributed by atoms with E-state index in [0.717, 1.165) is 0 Å². The lowest BCUT2D eigenvalue weighted by Crippen LogP contribution is -2.07. The maximum absolute atomic E-state index is 11.0. The summed E-state index contributed by atoms with van der Waals surface area (Å²) in [6, 6.07) is 0. The van der Waals surface area contributed by atoms with Crippen LogP contribution in [0.3, 0.4) is 0 Å². The largest absolute Gasteiger partial charge is 0.481 e. The fourth-order valence-electron chi connectivity index (χ4n) is 0.603. The van der Waals surface area contributed by atoms with Crippen LogP contribution in [0.4, 0.5) is 0 Å². The first kappa shape index (κ1) is 15.0. The van der Waals surface area contributed by atoms with E-state index in [0.29, 0.717) is 30.3 Å². The SMILES string of the molecule is O=C(O)CCSSCCC(=O)OCCS. The minimum Gasteiger partial charge on any atom is -0.481 e. The van der Waals surface area contributed by atoms with Gasteiger partial charge in [0.25, 0.3) is 0 Å². The highest BCUT2D eigenvalue weighted by Crippen LogP contribution is 2.22. The summed E-state index contributed by atoms with van der Waals surface area (Å²) in [5, 5.41) is 8.35. The zero-order valence-electron chi connectivity index (χ0n) is 8.18. The molecule has 0 aromatic heterocycles. The quantitative estimate of drug-likeness (QED) is 0.288. The fourth-order valence-corrected chi connectivity index (χ4v) is 2.65. The van der Waals surface area contributed by atoms with Crippen LogP contribution in [0.1, 0.15) is 12.8 Å². The summed E-state index contributed by atoms with van der Waals surface area (Å²) in [5.74, 6) is 0.722. The molecule has 0 aliphatic carbocycles. The number of carboxylic acids is 1. The van der Waals surface area contributed by atoms with Gasteiger partial charge in [0.2, 0.25) is 0 Å². The third-order valence-corrected chi connectivity index (χ3v) is 3.82. The molecule has 0 atom stereocenters. The minimum absolute atomic E-state index is 0.155. The van der Waals surface area contributed by atoms with Crippen LogP contribution in [0.15, 0.2) is 0 Å². The van der Waals surface area contributed by atoms with Crippen LogP contribution in [0.2, 0.25) is 0 Å². The Hall–Kier alpha value is -0.0100. The average Bonchev–Trinajstić information content (AvgIpc) is 2.19. The second-order valence-corrected chi connectivity index (χ2v) is 5.63. The van der Waals surface area contributed by atoms with Crippen LogP contribution >= 0.6 is 34.2 Å². The summed E-state index contributed by atoms with van der Waals surface area (Å²) in [5.41, 5.74) is 0. The van der Waals surface area contributed by atoms with Gasteiger partial charge in [0.15, 0.2) is 0 Å². The summed E-state index contributed by atoms with van der Waals surface area (Å²) in [6.07, 6.45) is 0.514. The Morgan fingerprint density at radius 2 is 1.80 bits per heavy atom. The van der Waals surface area contributed by atoms with Gasteiger partial charge >= 0.3 is 11.9 Å². The van der Waals surface area contributed by atoms with Crippen molar-refractivity contribution in [3.63, 3.8) is 0 Å². The predicted molar refractivity (Wildman–Crippen MR) is 66.6 cm³/mol. The molecule has 0 aliphatic rings. The topological polar surface area (TPSA) is 63.6 Å². The van der Waals surface area contributed by atoms with E-state index in [1.54, 1.807) is 0 Å². The normalized spacial score (nSPS) is 9.93. The third kappa shape index (κ3) is 11.9. The number of ether oxygens (including phenoxy) is 1. The van der Waals surface area contributed by atoms with Crippen molar-refractivity contribution >= 4 is 46.2 Å². The molecule has 0 spiro atoms. The molecular weight excluding hydrogens is 256 g/mol. The van der Waals surface area contributed by atoms with Gasteiger partial charge in [-0.05, 0) is 0 Å². The lowest BCUT2D eigenvalue weighted by Gasteiger charge is -2.01. The van der Waals surface area contributed by atoms with Crippen molar-refractivity contribution in [3.8, 4) is 0 Å². The van der Waals surface area contributed by atoms with Crippen LogP contribution < -0.4 is 0 Å². The number of carbonyl (C=O) groups excluding carboxylic acids is 1. The standard InChI is InChI=1S/C8H14O4S3/c9-7(10)1-5-14-15-6-2-8(11)12-3-4-13/h13H,1-6H2,(H,9,10). The van der Waals surface area contributed by atoms with Crippen LogP contribution in [0.25, 0.3) is 0 Å². The molecule has 7 heteroatoms. The highest BCUT2D eigenvalue weighted by atomic mass is 33.1. The zero-order chi connectivity index (χ0) is 11.5. The Morgan fingerprint density at radius 3 is 2.33 bits per heavy atom. The van der Waals surface area contributed by atoms with Gasteiger partial charge in [0.1, 0.15) is 6.61 Å². The van der Waals surface area contributed by atoms with Crippen molar-refractivity contribution in [2.45, 2.75) is 12.8 Å². The highest BCUT2D eigenvalue weighted by Gasteiger charge is 2.02. The molecule has 0 radical (unpaired) electrons. The molecule has 0 aromatic rings. The first-order valence-corrected chi connectivity index (χ1v) is 7.51. The van der Waals surface area contributed by atoms with Crippen molar-refractivity contribution in [1.29, 1.82) is 0 Å². The van der Waals surface area contributed by atoms with E-state index in [2.05, 4.69) is 12.6 Å². The van der Waals surface area contributed by atoms with Gasteiger partial charge in [-0.1, -0.05) is 21.6 Å². The molecule has 0 unspecified atom stereocenters. The first-order valence-electron chi connectivity index (χ1n) is 4.39. The molecule has 1 N–H and O–H groups in total.